The molecule has 12 heteroatoms. The van der Waals surface area contributed by atoms with E-state index < -0.39 is 18.0 Å². The Morgan fingerprint density at radius 1 is 1.44 bits per heavy atom. The van der Waals surface area contributed by atoms with Crippen molar-refractivity contribution in [3.05, 3.63) is 40.7 Å². The molecule has 0 saturated carbocycles. The van der Waals surface area contributed by atoms with Crippen LogP contribution >= 0.6 is 11.8 Å². The summed E-state index contributed by atoms with van der Waals surface area (Å²) in [5.41, 5.74) is 0.304. The Morgan fingerprint density at radius 3 is 2.75 bits per heavy atom. The van der Waals surface area contributed by atoms with Crippen LogP contribution in [0.3, 0.4) is 0 Å². The number of hydrogen-bond acceptors (Lipinski definition) is 9. The van der Waals surface area contributed by atoms with E-state index in [-0.39, 0.29) is 64.3 Å². The normalized spacial score (nSPS) is 27.4. The Morgan fingerprint density at radius 2 is 2.19 bits per heavy atom. The minimum Gasteiger partial charge on any atom is -0.543 e. The van der Waals surface area contributed by atoms with Crippen LogP contribution in [0.2, 0.25) is 0 Å². The molecule has 2 amide bonds. The van der Waals surface area contributed by atoms with Gasteiger partial charge in [0.05, 0.1) is 41.8 Å². The molecule has 0 spiro atoms. The first-order valence-electron chi connectivity index (χ1n) is 9.92. The summed E-state index contributed by atoms with van der Waals surface area (Å²) in [5, 5.41) is 27.3. The predicted molar refractivity (Wildman–Crippen MR) is 110 cm³/mol. The number of aliphatic hydroxyl groups excluding tert-OH is 1. The number of guanidine groups is 1. The first-order chi connectivity index (χ1) is 14.8. The van der Waals surface area contributed by atoms with Crippen LogP contribution in [0.4, 0.5) is 0 Å². The number of aliphatic hydroxyl groups is 1. The third-order valence-corrected chi connectivity index (χ3v) is 7.17. The molecule has 3 N–H and O–H groups in total. The van der Waals surface area contributed by atoms with Gasteiger partial charge in [0, 0.05) is 35.0 Å². The van der Waals surface area contributed by atoms with E-state index in [9.17, 15) is 24.6 Å². The largest absolute Gasteiger partial charge is 1.00 e. The molecule has 10 nitrogen and oxygen atoms in total. The first kappa shape index (κ1) is 24.7. The average molecular weight is 467 g/mol. The number of carboxylic acids is 1. The summed E-state index contributed by atoms with van der Waals surface area (Å²) in [7, 11) is 0. The molecule has 4 heterocycles. The molecule has 1 fully saturated rings. The molecule has 0 aliphatic carbocycles. The van der Waals surface area contributed by atoms with Gasteiger partial charge in [-0.05, 0) is 19.1 Å². The van der Waals surface area contributed by atoms with Crippen LogP contribution in [0.5, 0.6) is 0 Å². The number of carboxylic acid groups (broad SMARTS) is 1. The molecule has 0 radical (unpaired) electrons. The summed E-state index contributed by atoms with van der Waals surface area (Å²) >= 11 is 1.34. The van der Waals surface area contributed by atoms with E-state index in [0.717, 1.165) is 0 Å². The van der Waals surface area contributed by atoms with Crippen molar-refractivity contribution in [2.24, 2.45) is 16.8 Å². The summed E-state index contributed by atoms with van der Waals surface area (Å²) in [5.74, 6) is -2.62. The topological polar surface area (TPSA) is 147 Å². The molecule has 5 atom stereocenters. The van der Waals surface area contributed by atoms with Crippen molar-refractivity contribution < 1.29 is 54.2 Å². The fourth-order valence-electron chi connectivity index (χ4n) is 4.21. The fourth-order valence-corrected chi connectivity index (χ4v) is 5.53. The van der Waals surface area contributed by atoms with Crippen LogP contribution in [-0.2, 0) is 9.59 Å². The number of fused-ring (bicyclic) bond motifs is 1. The molecule has 1 saturated heterocycles. The van der Waals surface area contributed by atoms with E-state index in [1.165, 1.54) is 29.8 Å². The summed E-state index contributed by atoms with van der Waals surface area (Å²) in [6.07, 6.45) is 2.18. The summed E-state index contributed by atoms with van der Waals surface area (Å²) < 4.78 is 0. The molecule has 3 aliphatic rings. The molecule has 1 aromatic rings. The van der Waals surface area contributed by atoms with Crippen molar-refractivity contribution >= 4 is 35.5 Å². The number of carbonyl (C=O) groups excluding carboxylic acids is 3. The van der Waals surface area contributed by atoms with Crippen LogP contribution in [0.1, 0.15) is 24.2 Å². The minimum atomic E-state index is -1.40. The number of nitrogens with one attached hydrogen (secondary N) is 2. The molecule has 1 unspecified atom stereocenters. The van der Waals surface area contributed by atoms with Crippen LogP contribution in [0, 0.1) is 11.8 Å². The van der Waals surface area contributed by atoms with E-state index in [1.54, 1.807) is 18.3 Å². The van der Waals surface area contributed by atoms with Crippen molar-refractivity contribution in [3.8, 4) is 0 Å². The van der Waals surface area contributed by atoms with Crippen molar-refractivity contribution in [2.45, 2.75) is 31.2 Å². The van der Waals surface area contributed by atoms with Crippen molar-refractivity contribution in [1.29, 1.82) is 0 Å². The third-order valence-electron chi connectivity index (χ3n) is 5.70. The van der Waals surface area contributed by atoms with Crippen molar-refractivity contribution in [3.63, 3.8) is 0 Å². The number of pyridine rings is 1. The SMILES string of the molecule is C[C@@H](O)[C@H]1C(=O)N2C(C(=O)[O-])=C(SC3CN=C(NC(=O)c4cccnc4)NC3)[C@H](C)[C@H]12.[Na+]. The summed E-state index contributed by atoms with van der Waals surface area (Å²) in [6, 6.07) is 2.93. The zero-order chi connectivity index (χ0) is 22.3. The Hall–Kier alpha value is -1.92. The van der Waals surface area contributed by atoms with Crippen LogP contribution < -0.4 is 45.3 Å². The Balaban J connectivity index is 0.00000289. The number of amides is 2. The molecule has 0 bridgehead atoms. The number of β-lactam (4-membered cyclic amide) rings is 1. The number of carbonyl (C=O) groups is 3. The van der Waals surface area contributed by atoms with Gasteiger partial charge in [0.1, 0.15) is 0 Å². The smallest absolute Gasteiger partial charge is 0.543 e. The molecule has 1 aromatic heterocycles. The van der Waals surface area contributed by atoms with Gasteiger partial charge in [0.25, 0.3) is 5.91 Å². The summed E-state index contributed by atoms with van der Waals surface area (Å²) in [4.78, 5) is 46.5. The van der Waals surface area contributed by atoms with Gasteiger partial charge < -0.3 is 25.2 Å². The predicted octanol–water partition coefficient (Wildman–Crippen LogP) is -4.30. The van der Waals surface area contributed by atoms with Gasteiger partial charge in [-0.2, -0.15) is 0 Å². The van der Waals surface area contributed by atoms with Gasteiger partial charge >= 0.3 is 29.6 Å². The maximum Gasteiger partial charge on any atom is 1.00 e. The van der Waals surface area contributed by atoms with Crippen LogP contribution in [-0.4, -0.2) is 69.2 Å². The van der Waals surface area contributed by atoms with Gasteiger partial charge in [-0.3, -0.25) is 24.9 Å². The number of aliphatic carboxylic acids is 1. The number of rotatable bonds is 5. The molecule has 4 rings (SSSR count). The van der Waals surface area contributed by atoms with E-state index >= 15 is 0 Å². The second-order valence-electron chi connectivity index (χ2n) is 7.76. The second kappa shape index (κ2) is 9.92. The zero-order valence-corrected chi connectivity index (χ0v) is 20.8. The number of nitrogens with zero attached hydrogens (tertiary/aromatic N) is 3. The second-order valence-corrected chi connectivity index (χ2v) is 9.10. The molecule has 3 aliphatic heterocycles. The molecular formula is C20H22N5NaO5S. The zero-order valence-electron chi connectivity index (χ0n) is 17.9. The standard InChI is InChI=1S/C20H23N5O5S.Na/c1-9-14-13(10(2)26)18(28)25(14)15(19(29)30)16(9)31-12-7-22-20(23-8-12)24-17(27)11-4-3-5-21-6-11;/h3-6,9-10,12-14,26H,7-8H2,1-2H3,(H,29,30)(H2,22,23,24,27);/q;+1/p-1/t9-,10-,13-,14-;/m1./s1. The van der Waals surface area contributed by atoms with Gasteiger partial charge in [0.2, 0.25) is 5.91 Å². The monoisotopic (exact) mass is 467 g/mol. The molecule has 0 aromatic carbocycles. The Bertz CT molecular complexity index is 986. The van der Waals surface area contributed by atoms with E-state index in [0.29, 0.717) is 29.5 Å². The maximum atomic E-state index is 12.4. The number of thioether (sulfide) groups is 1. The van der Waals surface area contributed by atoms with Gasteiger partial charge in [0.15, 0.2) is 5.96 Å². The Kier molecular flexibility index (Phi) is 7.66. The molecular weight excluding hydrogens is 445 g/mol. The fraction of sp³-hybridized carbons (Fsp3) is 0.450. The number of hydrogen-bond donors (Lipinski definition) is 3. The van der Waals surface area contributed by atoms with Gasteiger partial charge in [-0.15, -0.1) is 11.8 Å². The van der Waals surface area contributed by atoms with Crippen molar-refractivity contribution in [2.75, 3.05) is 13.1 Å². The third kappa shape index (κ3) is 4.44. The number of aliphatic imine (C=N–C) groups is 1. The first-order valence-corrected chi connectivity index (χ1v) is 10.8. The van der Waals surface area contributed by atoms with Crippen LogP contribution in [0.25, 0.3) is 0 Å². The van der Waals surface area contributed by atoms with E-state index in [1.807, 2.05) is 6.92 Å². The van der Waals surface area contributed by atoms with Gasteiger partial charge in [-0.25, -0.2) is 0 Å². The molecule has 164 valence electrons. The van der Waals surface area contributed by atoms with E-state index in [4.69, 9.17) is 0 Å². The average Bonchev–Trinajstić information content (AvgIpc) is 2.98. The van der Waals surface area contributed by atoms with Crippen LogP contribution in [0.15, 0.2) is 40.1 Å². The minimum absolute atomic E-state index is 0. The maximum absolute atomic E-state index is 12.4. The quantitative estimate of drug-likeness (QED) is 0.291. The number of aromatic nitrogens is 1. The Labute approximate surface area is 211 Å². The summed E-state index contributed by atoms with van der Waals surface area (Å²) in [6.45, 7) is 4.20. The molecule has 32 heavy (non-hydrogen) atoms. The van der Waals surface area contributed by atoms with Crippen molar-refractivity contribution in [1.82, 2.24) is 20.5 Å². The van der Waals surface area contributed by atoms with Gasteiger partial charge in [-0.1, -0.05) is 6.92 Å². The van der Waals surface area contributed by atoms with E-state index in [2.05, 4.69) is 20.6 Å².